The molecule has 1 fully saturated rings. The summed E-state index contributed by atoms with van der Waals surface area (Å²) in [4.78, 5) is 23.3. The van der Waals surface area contributed by atoms with E-state index in [1.807, 2.05) is 6.92 Å². The molecule has 1 aromatic rings. The fourth-order valence-electron chi connectivity index (χ4n) is 2.42. The number of nitro benzene ring substituents is 1. The quantitative estimate of drug-likeness (QED) is 0.642. The lowest BCUT2D eigenvalue weighted by molar-refractivity contribution is -0.384. The Morgan fingerprint density at radius 3 is 2.75 bits per heavy atom. The zero-order valence-corrected chi connectivity index (χ0v) is 11.0. The first-order valence-corrected chi connectivity index (χ1v) is 6.35. The number of benzene rings is 1. The molecular formula is C13H16N2O5. The number of piperidine rings is 1. The molecule has 0 radical (unpaired) electrons. The molecule has 1 aromatic carbocycles. The Hall–Kier alpha value is -2.15. The summed E-state index contributed by atoms with van der Waals surface area (Å²) in [5, 5.41) is 30.1. The largest absolute Gasteiger partial charge is 0.477 e. The van der Waals surface area contributed by atoms with Crippen molar-refractivity contribution in [3.05, 3.63) is 33.9 Å². The lowest BCUT2D eigenvalue weighted by atomic mass is 9.95. The van der Waals surface area contributed by atoms with Crippen LogP contribution in [0.1, 0.15) is 23.7 Å². The first-order chi connectivity index (χ1) is 9.41. The number of carboxylic acid groups (broad SMARTS) is 1. The topological polar surface area (TPSA) is 104 Å². The highest BCUT2D eigenvalue weighted by Gasteiger charge is 2.31. The maximum atomic E-state index is 11.2. The Balaban J connectivity index is 2.44. The first kappa shape index (κ1) is 14.3. The van der Waals surface area contributed by atoms with Crippen molar-refractivity contribution in [2.75, 3.05) is 18.0 Å². The molecule has 0 saturated carbocycles. The zero-order valence-electron chi connectivity index (χ0n) is 11.0. The minimum Gasteiger partial charge on any atom is -0.477 e. The SMILES string of the molecule is CC1CCN(c2cccc(C(=O)O)c2[N+](=O)[O-])CC1O. The Labute approximate surface area is 115 Å². The van der Waals surface area contributed by atoms with Gasteiger partial charge >= 0.3 is 11.7 Å². The second kappa shape index (κ2) is 5.46. The highest BCUT2D eigenvalue weighted by molar-refractivity contribution is 5.95. The van der Waals surface area contributed by atoms with Crippen LogP contribution in [0.25, 0.3) is 0 Å². The van der Waals surface area contributed by atoms with E-state index in [1.54, 1.807) is 4.90 Å². The molecule has 2 atom stereocenters. The van der Waals surface area contributed by atoms with Gasteiger partial charge in [0.25, 0.3) is 0 Å². The number of hydrogen-bond acceptors (Lipinski definition) is 5. The van der Waals surface area contributed by atoms with Gasteiger partial charge in [-0.15, -0.1) is 0 Å². The minimum absolute atomic E-state index is 0.132. The van der Waals surface area contributed by atoms with Gasteiger partial charge < -0.3 is 15.1 Å². The maximum Gasteiger partial charge on any atom is 0.342 e. The van der Waals surface area contributed by atoms with Crippen molar-refractivity contribution in [3.8, 4) is 0 Å². The van der Waals surface area contributed by atoms with Gasteiger partial charge in [-0.25, -0.2) is 4.79 Å². The Morgan fingerprint density at radius 1 is 1.50 bits per heavy atom. The monoisotopic (exact) mass is 280 g/mol. The molecule has 20 heavy (non-hydrogen) atoms. The summed E-state index contributed by atoms with van der Waals surface area (Å²) in [6.07, 6.45) is 0.132. The third kappa shape index (κ3) is 2.57. The van der Waals surface area contributed by atoms with Crippen LogP contribution < -0.4 is 4.90 Å². The Morgan fingerprint density at radius 2 is 2.20 bits per heavy atom. The van der Waals surface area contributed by atoms with E-state index in [2.05, 4.69) is 0 Å². The van der Waals surface area contributed by atoms with Crippen LogP contribution >= 0.6 is 0 Å². The van der Waals surface area contributed by atoms with Gasteiger partial charge in [-0.3, -0.25) is 10.1 Å². The Bertz CT molecular complexity index is 546. The van der Waals surface area contributed by atoms with E-state index in [9.17, 15) is 20.0 Å². The van der Waals surface area contributed by atoms with Gasteiger partial charge in [0.2, 0.25) is 0 Å². The number of hydrogen-bond donors (Lipinski definition) is 2. The molecule has 0 aromatic heterocycles. The second-order valence-corrected chi connectivity index (χ2v) is 5.01. The number of aliphatic hydroxyl groups is 1. The van der Waals surface area contributed by atoms with Crippen molar-refractivity contribution < 1.29 is 19.9 Å². The van der Waals surface area contributed by atoms with E-state index >= 15 is 0 Å². The maximum absolute atomic E-state index is 11.2. The van der Waals surface area contributed by atoms with E-state index in [4.69, 9.17) is 5.11 Å². The van der Waals surface area contributed by atoms with Crippen LogP contribution in [0.4, 0.5) is 11.4 Å². The van der Waals surface area contributed by atoms with Crippen molar-refractivity contribution in [1.29, 1.82) is 0 Å². The summed E-state index contributed by atoms with van der Waals surface area (Å²) < 4.78 is 0. The molecule has 1 aliphatic rings. The third-order valence-corrected chi connectivity index (χ3v) is 3.69. The number of nitrogens with zero attached hydrogens (tertiary/aromatic N) is 2. The number of aliphatic hydroxyl groups excluding tert-OH is 1. The van der Waals surface area contributed by atoms with Crippen LogP contribution in [0.2, 0.25) is 0 Å². The minimum atomic E-state index is -1.33. The molecule has 1 saturated heterocycles. The predicted octanol–water partition coefficient (Wildman–Crippen LogP) is 1.50. The highest BCUT2D eigenvalue weighted by atomic mass is 16.6. The summed E-state index contributed by atoms with van der Waals surface area (Å²) >= 11 is 0. The molecule has 2 unspecified atom stereocenters. The van der Waals surface area contributed by atoms with Crippen molar-refractivity contribution in [2.45, 2.75) is 19.4 Å². The lowest BCUT2D eigenvalue weighted by Gasteiger charge is -2.35. The van der Waals surface area contributed by atoms with Crippen molar-refractivity contribution in [1.82, 2.24) is 0 Å². The van der Waals surface area contributed by atoms with Gasteiger partial charge in [0, 0.05) is 13.1 Å². The van der Waals surface area contributed by atoms with E-state index in [1.165, 1.54) is 18.2 Å². The van der Waals surface area contributed by atoms with Gasteiger partial charge in [-0.05, 0) is 24.5 Å². The van der Waals surface area contributed by atoms with E-state index in [-0.39, 0.29) is 23.7 Å². The standard InChI is InChI=1S/C13H16N2O5/c1-8-5-6-14(7-11(8)16)10-4-2-3-9(13(17)18)12(10)15(19)20/h2-4,8,11,16H,5-7H2,1H3,(H,17,18). The summed E-state index contributed by atoms with van der Waals surface area (Å²) in [7, 11) is 0. The molecule has 0 spiro atoms. The van der Waals surface area contributed by atoms with Gasteiger partial charge in [0.15, 0.2) is 0 Å². The molecule has 1 heterocycles. The van der Waals surface area contributed by atoms with E-state index in [0.717, 1.165) is 0 Å². The lowest BCUT2D eigenvalue weighted by Crippen LogP contribution is -2.43. The molecule has 2 N–H and O–H groups in total. The molecule has 2 rings (SSSR count). The summed E-state index contributed by atoms with van der Waals surface area (Å²) in [5.41, 5.74) is -0.497. The molecular weight excluding hydrogens is 264 g/mol. The smallest absolute Gasteiger partial charge is 0.342 e. The summed E-state index contributed by atoms with van der Waals surface area (Å²) in [6, 6.07) is 4.22. The predicted molar refractivity (Wildman–Crippen MR) is 72.1 cm³/mol. The molecule has 7 heteroatoms. The Kier molecular flexibility index (Phi) is 3.89. The van der Waals surface area contributed by atoms with Crippen LogP contribution in [0.15, 0.2) is 18.2 Å². The summed E-state index contributed by atoms with van der Waals surface area (Å²) in [5.74, 6) is -1.20. The van der Waals surface area contributed by atoms with Crippen LogP contribution in [0.3, 0.4) is 0 Å². The average molecular weight is 280 g/mol. The molecule has 0 aliphatic carbocycles. The van der Waals surface area contributed by atoms with Gasteiger partial charge in [-0.1, -0.05) is 13.0 Å². The first-order valence-electron chi connectivity index (χ1n) is 6.35. The molecule has 7 nitrogen and oxygen atoms in total. The molecule has 1 aliphatic heterocycles. The summed E-state index contributed by atoms with van der Waals surface area (Å²) in [6.45, 7) is 2.75. The van der Waals surface area contributed by atoms with E-state index < -0.39 is 22.7 Å². The number of carboxylic acids is 1. The third-order valence-electron chi connectivity index (χ3n) is 3.69. The number of carbonyl (C=O) groups is 1. The normalized spacial score (nSPS) is 22.6. The number of aromatic carboxylic acids is 1. The van der Waals surface area contributed by atoms with Crippen molar-refractivity contribution in [2.24, 2.45) is 5.92 Å². The number of β-amino-alcohol motifs (C(OH)–C–C–N with tert-alkyl or cyclic N) is 1. The number of anilines is 1. The van der Waals surface area contributed by atoms with Crippen LogP contribution in [-0.2, 0) is 0 Å². The molecule has 0 amide bonds. The van der Waals surface area contributed by atoms with Gasteiger partial charge in [-0.2, -0.15) is 0 Å². The van der Waals surface area contributed by atoms with Crippen LogP contribution in [0, 0.1) is 16.0 Å². The highest BCUT2D eigenvalue weighted by Crippen LogP contribution is 2.34. The van der Waals surface area contributed by atoms with Crippen LogP contribution in [0.5, 0.6) is 0 Å². The van der Waals surface area contributed by atoms with Crippen molar-refractivity contribution in [3.63, 3.8) is 0 Å². The number of nitro groups is 1. The van der Waals surface area contributed by atoms with Gasteiger partial charge in [0.1, 0.15) is 11.3 Å². The van der Waals surface area contributed by atoms with Gasteiger partial charge in [0.05, 0.1) is 11.0 Å². The molecule has 0 bridgehead atoms. The fourth-order valence-corrected chi connectivity index (χ4v) is 2.42. The van der Waals surface area contributed by atoms with Crippen LogP contribution in [-0.4, -0.2) is 40.3 Å². The second-order valence-electron chi connectivity index (χ2n) is 5.01. The van der Waals surface area contributed by atoms with Crippen molar-refractivity contribution >= 4 is 17.3 Å². The average Bonchev–Trinajstić information content (AvgIpc) is 2.40. The van der Waals surface area contributed by atoms with E-state index in [0.29, 0.717) is 13.0 Å². The fraction of sp³-hybridized carbons (Fsp3) is 0.462. The zero-order chi connectivity index (χ0) is 14.9. The number of rotatable bonds is 3. The number of para-hydroxylation sites is 1. The molecule has 108 valence electrons.